The quantitative estimate of drug-likeness (QED) is 0.899. The lowest BCUT2D eigenvalue weighted by atomic mass is 9.54. The van der Waals surface area contributed by atoms with Crippen LogP contribution in [0.25, 0.3) is 0 Å². The minimum absolute atomic E-state index is 0.103. The zero-order chi connectivity index (χ0) is 12.9. The van der Waals surface area contributed by atoms with Crippen molar-refractivity contribution in [1.82, 2.24) is 10.2 Å². The maximum absolute atomic E-state index is 6.25. The van der Waals surface area contributed by atoms with Gasteiger partial charge in [0.05, 0.1) is 12.1 Å². The molecule has 1 heterocycles. The standard InChI is InChI=1S/C14H21N3O2/c15-7-12-16-17-13(19-12)8-18-14-4-9-1-10(5-14)3-11(2-9)6-14/h9-11H,1-8,15H2. The van der Waals surface area contributed by atoms with Gasteiger partial charge in [0.15, 0.2) is 0 Å². The van der Waals surface area contributed by atoms with E-state index in [1.54, 1.807) is 0 Å². The van der Waals surface area contributed by atoms with Crippen molar-refractivity contribution in [2.75, 3.05) is 0 Å². The highest BCUT2D eigenvalue weighted by molar-refractivity contribution is 5.03. The predicted molar refractivity (Wildman–Crippen MR) is 67.9 cm³/mol. The van der Waals surface area contributed by atoms with E-state index in [1.165, 1.54) is 38.5 Å². The Morgan fingerprint density at radius 2 is 1.63 bits per heavy atom. The molecule has 5 rings (SSSR count). The molecule has 0 amide bonds. The molecule has 0 unspecified atom stereocenters. The Morgan fingerprint density at radius 3 is 2.16 bits per heavy atom. The molecule has 1 aromatic heterocycles. The first-order valence-electron chi connectivity index (χ1n) is 7.40. The van der Waals surface area contributed by atoms with E-state index in [2.05, 4.69) is 10.2 Å². The zero-order valence-electron chi connectivity index (χ0n) is 11.2. The summed E-state index contributed by atoms with van der Waals surface area (Å²) in [6.07, 6.45) is 7.99. The minimum Gasteiger partial charge on any atom is -0.421 e. The Bertz CT molecular complexity index is 436. The topological polar surface area (TPSA) is 74.2 Å². The van der Waals surface area contributed by atoms with Crippen molar-refractivity contribution < 1.29 is 9.15 Å². The molecule has 0 aromatic carbocycles. The van der Waals surface area contributed by atoms with Crippen molar-refractivity contribution in [3.63, 3.8) is 0 Å². The van der Waals surface area contributed by atoms with Gasteiger partial charge in [-0.15, -0.1) is 10.2 Å². The van der Waals surface area contributed by atoms with Crippen molar-refractivity contribution in [3.8, 4) is 0 Å². The average molecular weight is 263 g/mol. The van der Waals surface area contributed by atoms with Crippen LogP contribution in [0.4, 0.5) is 0 Å². The van der Waals surface area contributed by atoms with Gasteiger partial charge in [0.25, 0.3) is 0 Å². The molecule has 104 valence electrons. The van der Waals surface area contributed by atoms with Crippen LogP contribution in [-0.4, -0.2) is 15.8 Å². The molecular formula is C14H21N3O2. The lowest BCUT2D eigenvalue weighted by Gasteiger charge is -2.56. The summed E-state index contributed by atoms with van der Waals surface area (Å²) in [5.41, 5.74) is 5.57. The largest absolute Gasteiger partial charge is 0.421 e. The fourth-order valence-electron chi connectivity index (χ4n) is 4.85. The first-order valence-corrected chi connectivity index (χ1v) is 7.40. The summed E-state index contributed by atoms with van der Waals surface area (Å²) < 4.78 is 11.7. The average Bonchev–Trinajstić information content (AvgIpc) is 2.83. The molecular weight excluding hydrogens is 242 g/mol. The van der Waals surface area contributed by atoms with Crippen LogP contribution in [0.3, 0.4) is 0 Å². The van der Waals surface area contributed by atoms with Gasteiger partial charge in [0.1, 0.15) is 6.61 Å². The van der Waals surface area contributed by atoms with Gasteiger partial charge >= 0.3 is 0 Å². The second-order valence-corrected chi connectivity index (χ2v) is 6.68. The molecule has 4 aliphatic rings. The fourth-order valence-corrected chi connectivity index (χ4v) is 4.85. The monoisotopic (exact) mass is 263 g/mol. The van der Waals surface area contributed by atoms with E-state index in [1.807, 2.05) is 0 Å². The van der Waals surface area contributed by atoms with Crippen LogP contribution in [0.5, 0.6) is 0 Å². The van der Waals surface area contributed by atoms with Crippen molar-refractivity contribution in [1.29, 1.82) is 0 Å². The molecule has 4 saturated carbocycles. The van der Waals surface area contributed by atoms with Crippen LogP contribution in [0.15, 0.2) is 4.42 Å². The molecule has 4 bridgehead atoms. The molecule has 0 saturated heterocycles. The normalized spacial score (nSPS) is 39.9. The van der Waals surface area contributed by atoms with E-state index in [9.17, 15) is 0 Å². The molecule has 19 heavy (non-hydrogen) atoms. The molecule has 1 aromatic rings. The molecule has 0 atom stereocenters. The summed E-state index contributed by atoms with van der Waals surface area (Å²) in [5.74, 6) is 3.75. The van der Waals surface area contributed by atoms with Gasteiger partial charge in [0.2, 0.25) is 11.8 Å². The van der Waals surface area contributed by atoms with Gasteiger partial charge < -0.3 is 14.9 Å². The van der Waals surface area contributed by atoms with E-state index < -0.39 is 0 Å². The number of hydrogen-bond acceptors (Lipinski definition) is 5. The smallest absolute Gasteiger partial charge is 0.242 e. The van der Waals surface area contributed by atoms with E-state index in [0.717, 1.165) is 17.8 Å². The zero-order valence-corrected chi connectivity index (χ0v) is 11.2. The number of nitrogens with two attached hydrogens (primary N) is 1. The molecule has 2 N–H and O–H groups in total. The van der Waals surface area contributed by atoms with Crippen LogP contribution in [-0.2, 0) is 17.9 Å². The van der Waals surface area contributed by atoms with Crippen molar-refractivity contribution in [2.24, 2.45) is 23.5 Å². The van der Waals surface area contributed by atoms with Gasteiger partial charge in [-0.1, -0.05) is 0 Å². The molecule has 0 radical (unpaired) electrons. The Balaban J connectivity index is 1.44. The summed E-state index contributed by atoms with van der Waals surface area (Å²) in [7, 11) is 0. The van der Waals surface area contributed by atoms with Crippen LogP contribution in [0.2, 0.25) is 0 Å². The third-order valence-corrected chi connectivity index (χ3v) is 5.17. The van der Waals surface area contributed by atoms with Crippen molar-refractivity contribution in [2.45, 2.75) is 57.3 Å². The molecule has 4 fully saturated rings. The number of hydrogen-bond donors (Lipinski definition) is 1. The summed E-state index contributed by atoms with van der Waals surface area (Å²) in [6, 6.07) is 0. The Hall–Kier alpha value is -0.940. The van der Waals surface area contributed by atoms with Crippen molar-refractivity contribution >= 4 is 0 Å². The molecule has 5 heteroatoms. The lowest BCUT2D eigenvalue weighted by Crippen LogP contribution is -2.51. The van der Waals surface area contributed by atoms with Crippen LogP contribution < -0.4 is 5.73 Å². The second-order valence-electron chi connectivity index (χ2n) is 6.68. The maximum Gasteiger partial charge on any atom is 0.242 e. The van der Waals surface area contributed by atoms with Gasteiger partial charge in [-0.2, -0.15) is 0 Å². The highest BCUT2D eigenvalue weighted by Crippen LogP contribution is 2.57. The first-order chi connectivity index (χ1) is 9.25. The highest BCUT2D eigenvalue weighted by Gasteiger charge is 2.51. The van der Waals surface area contributed by atoms with Crippen LogP contribution in [0, 0.1) is 17.8 Å². The Labute approximate surface area is 112 Å². The van der Waals surface area contributed by atoms with E-state index >= 15 is 0 Å². The summed E-state index contributed by atoms with van der Waals surface area (Å²) in [6.45, 7) is 0.740. The van der Waals surface area contributed by atoms with E-state index in [0.29, 0.717) is 24.9 Å². The highest BCUT2D eigenvalue weighted by atomic mass is 16.5. The third-order valence-electron chi connectivity index (χ3n) is 5.17. The molecule has 0 aliphatic heterocycles. The van der Waals surface area contributed by atoms with Crippen LogP contribution in [0.1, 0.15) is 50.3 Å². The number of ether oxygens (including phenoxy) is 1. The lowest BCUT2D eigenvalue weighted by molar-refractivity contribution is -0.172. The Morgan fingerprint density at radius 1 is 1.05 bits per heavy atom. The summed E-state index contributed by atoms with van der Waals surface area (Å²) in [5, 5.41) is 7.86. The fraction of sp³-hybridized carbons (Fsp3) is 0.857. The third kappa shape index (κ3) is 2.09. The minimum atomic E-state index is 0.103. The van der Waals surface area contributed by atoms with Gasteiger partial charge in [-0.05, 0) is 56.3 Å². The number of rotatable bonds is 4. The number of nitrogens with zero attached hydrogens (tertiary/aromatic N) is 2. The maximum atomic E-state index is 6.25. The van der Waals surface area contributed by atoms with E-state index in [-0.39, 0.29) is 5.60 Å². The molecule has 0 spiro atoms. The molecule has 5 nitrogen and oxygen atoms in total. The first kappa shape index (κ1) is 11.9. The Kier molecular flexibility index (Phi) is 2.67. The van der Waals surface area contributed by atoms with E-state index in [4.69, 9.17) is 14.9 Å². The van der Waals surface area contributed by atoms with Gasteiger partial charge in [-0.3, -0.25) is 0 Å². The predicted octanol–water partition coefficient (Wildman–Crippen LogP) is 2.01. The SMILES string of the molecule is NCc1nnc(COC23CC4CC(CC(C4)C2)C3)o1. The number of aromatic nitrogens is 2. The summed E-state index contributed by atoms with van der Waals surface area (Å²) >= 11 is 0. The molecule has 4 aliphatic carbocycles. The summed E-state index contributed by atoms with van der Waals surface area (Å²) in [4.78, 5) is 0. The van der Waals surface area contributed by atoms with Crippen LogP contribution >= 0.6 is 0 Å². The van der Waals surface area contributed by atoms with Gasteiger partial charge in [-0.25, -0.2) is 0 Å². The van der Waals surface area contributed by atoms with Crippen molar-refractivity contribution in [3.05, 3.63) is 11.8 Å². The second kappa shape index (κ2) is 4.28. The van der Waals surface area contributed by atoms with Gasteiger partial charge in [0, 0.05) is 0 Å².